The van der Waals surface area contributed by atoms with Gasteiger partial charge in [-0.2, -0.15) is 5.26 Å². The molecule has 0 saturated heterocycles. The highest BCUT2D eigenvalue weighted by molar-refractivity contribution is 5.81. The molecule has 0 bridgehead atoms. The van der Waals surface area contributed by atoms with E-state index in [1.807, 2.05) is 6.07 Å². The van der Waals surface area contributed by atoms with Crippen LogP contribution in [0.25, 0.3) is 0 Å². The highest BCUT2D eigenvalue weighted by Crippen LogP contribution is 2.23. The Morgan fingerprint density at radius 2 is 2.33 bits per heavy atom. The monoisotopic (exact) mass is 208 g/mol. The lowest BCUT2D eigenvalue weighted by molar-refractivity contribution is -0.143. The second-order valence-electron chi connectivity index (χ2n) is 3.05. The molecule has 0 aliphatic rings. The van der Waals surface area contributed by atoms with Crippen molar-refractivity contribution in [3.63, 3.8) is 0 Å². The van der Waals surface area contributed by atoms with Crippen LogP contribution in [0.15, 0.2) is 4.52 Å². The van der Waals surface area contributed by atoms with Crippen molar-refractivity contribution >= 4 is 5.97 Å². The third-order valence-corrected chi connectivity index (χ3v) is 2.03. The van der Waals surface area contributed by atoms with Crippen LogP contribution in [0, 0.1) is 25.2 Å². The van der Waals surface area contributed by atoms with Gasteiger partial charge in [-0.15, -0.1) is 0 Å². The van der Waals surface area contributed by atoms with Crippen LogP contribution in [0.3, 0.4) is 0 Å². The molecule has 0 fully saturated rings. The van der Waals surface area contributed by atoms with Crippen molar-refractivity contribution < 1.29 is 14.1 Å². The number of ether oxygens (including phenoxy) is 1. The van der Waals surface area contributed by atoms with E-state index in [1.54, 1.807) is 20.8 Å². The number of hydrogen-bond acceptors (Lipinski definition) is 5. The Morgan fingerprint density at radius 1 is 1.67 bits per heavy atom. The Morgan fingerprint density at radius 3 is 2.73 bits per heavy atom. The molecule has 0 N–H and O–H groups in total. The zero-order valence-electron chi connectivity index (χ0n) is 8.90. The average molecular weight is 208 g/mol. The molecule has 80 valence electrons. The molecule has 15 heavy (non-hydrogen) atoms. The van der Waals surface area contributed by atoms with Crippen molar-refractivity contribution in [1.29, 1.82) is 5.26 Å². The van der Waals surface area contributed by atoms with Crippen molar-refractivity contribution in [3.05, 3.63) is 17.0 Å². The van der Waals surface area contributed by atoms with Gasteiger partial charge in [0.05, 0.1) is 18.4 Å². The summed E-state index contributed by atoms with van der Waals surface area (Å²) >= 11 is 0. The molecule has 0 saturated carbocycles. The molecule has 0 aromatic carbocycles. The average Bonchev–Trinajstić information content (AvgIpc) is 2.51. The van der Waals surface area contributed by atoms with Crippen LogP contribution in [0.4, 0.5) is 0 Å². The topological polar surface area (TPSA) is 76.1 Å². The van der Waals surface area contributed by atoms with Crippen molar-refractivity contribution in [2.75, 3.05) is 6.61 Å². The lowest BCUT2D eigenvalue weighted by Gasteiger charge is -2.07. The lowest BCUT2D eigenvalue weighted by Crippen LogP contribution is -2.15. The highest BCUT2D eigenvalue weighted by atomic mass is 16.5. The van der Waals surface area contributed by atoms with E-state index >= 15 is 0 Å². The van der Waals surface area contributed by atoms with Gasteiger partial charge >= 0.3 is 5.97 Å². The summed E-state index contributed by atoms with van der Waals surface area (Å²) in [7, 11) is 0. The molecule has 0 aliphatic carbocycles. The SMILES string of the molecule is CCOC(=O)C(C#N)c1c(C)noc1C. The van der Waals surface area contributed by atoms with Crippen LogP contribution in [-0.4, -0.2) is 17.7 Å². The van der Waals surface area contributed by atoms with E-state index < -0.39 is 11.9 Å². The summed E-state index contributed by atoms with van der Waals surface area (Å²) in [4.78, 5) is 11.5. The zero-order chi connectivity index (χ0) is 11.4. The lowest BCUT2D eigenvalue weighted by atomic mass is 9.99. The van der Waals surface area contributed by atoms with Gasteiger partial charge in [0.15, 0.2) is 5.92 Å². The fourth-order valence-corrected chi connectivity index (χ4v) is 1.36. The zero-order valence-corrected chi connectivity index (χ0v) is 8.90. The van der Waals surface area contributed by atoms with Crippen LogP contribution in [0.2, 0.25) is 0 Å². The van der Waals surface area contributed by atoms with Gasteiger partial charge in [0.2, 0.25) is 0 Å². The Hall–Kier alpha value is -1.83. The number of carbonyl (C=O) groups is 1. The summed E-state index contributed by atoms with van der Waals surface area (Å²) in [5.74, 6) is -1.03. The number of rotatable bonds is 3. The normalized spacial score (nSPS) is 11.9. The maximum Gasteiger partial charge on any atom is 0.328 e. The van der Waals surface area contributed by atoms with Gasteiger partial charge in [-0.3, -0.25) is 4.79 Å². The molecule has 1 heterocycles. The quantitative estimate of drug-likeness (QED) is 0.703. The third-order valence-electron chi connectivity index (χ3n) is 2.03. The molecular weight excluding hydrogens is 196 g/mol. The Labute approximate surface area is 87.6 Å². The number of esters is 1. The number of aromatic nitrogens is 1. The van der Waals surface area contributed by atoms with Gasteiger partial charge < -0.3 is 9.26 Å². The molecule has 1 atom stereocenters. The van der Waals surface area contributed by atoms with E-state index in [-0.39, 0.29) is 6.61 Å². The van der Waals surface area contributed by atoms with Crippen LogP contribution in [0.1, 0.15) is 29.9 Å². The van der Waals surface area contributed by atoms with Crippen molar-refractivity contribution in [2.24, 2.45) is 0 Å². The molecule has 0 radical (unpaired) electrons. The van der Waals surface area contributed by atoms with Gasteiger partial charge in [-0.05, 0) is 20.8 Å². The minimum absolute atomic E-state index is 0.250. The van der Waals surface area contributed by atoms with Crippen LogP contribution < -0.4 is 0 Å². The number of aryl methyl sites for hydroxylation is 2. The predicted molar refractivity (Wildman–Crippen MR) is 51.0 cm³/mol. The van der Waals surface area contributed by atoms with Crippen molar-refractivity contribution in [1.82, 2.24) is 5.16 Å². The first-order valence-corrected chi connectivity index (χ1v) is 4.60. The molecule has 0 amide bonds. The van der Waals surface area contributed by atoms with Crippen molar-refractivity contribution in [3.8, 4) is 6.07 Å². The molecule has 1 rings (SSSR count). The third kappa shape index (κ3) is 2.15. The summed E-state index contributed by atoms with van der Waals surface area (Å²) in [6.07, 6.45) is 0. The molecule has 5 heteroatoms. The second kappa shape index (κ2) is 4.60. The van der Waals surface area contributed by atoms with E-state index in [4.69, 9.17) is 14.5 Å². The van der Waals surface area contributed by atoms with Crippen LogP contribution in [-0.2, 0) is 9.53 Å². The van der Waals surface area contributed by atoms with Gasteiger partial charge in [-0.25, -0.2) is 0 Å². The molecule has 0 spiro atoms. The Bertz CT molecular complexity index is 384. The summed E-state index contributed by atoms with van der Waals surface area (Å²) in [5.41, 5.74) is 1.06. The molecular formula is C10H12N2O3. The fraction of sp³-hybridized carbons (Fsp3) is 0.500. The standard InChI is InChI=1S/C10H12N2O3/c1-4-14-10(13)8(5-11)9-6(2)12-15-7(9)3/h8H,4H2,1-3H3. The van der Waals surface area contributed by atoms with E-state index in [0.29, 0.717) is 17.0 Å². The van der Waals surface area contributed by atoms with E-state index in [1.165, 1.54) is 0 Å². The minimum atomic E-state index is -0.948. The Balaban J connectivity index is 3.04. The van der Waals surface area contributed by atoms with Gasteiger partial charge in [-0.1, -0.05) is 5.16 Å². The maximum atomic E-state index is 11.5. The largest absolute Gasteiger partial charge is 0.465 e. The van der Waals surface area contributed by atoms with E-state index in [0.717, 1.165) is 0 Å². The fourth-order valence-electron chi connectivity index (χ4n) is 1.36. The number of hydrogen-bond donors (Lipinski definition) is 0. The molecule has 1 aromatic heterocycles. The maximum absolute atomic E-state index is 11.5. The number of carbonyl (C=O) groups excluding carboxylic acids is 1. The first kappa shape index (κ1) is 11.2. The number of nitrogens with zero attached hydrogens (tertiary/aromatic N) is 2. The van der Waals surface area contributed by atoms with Gasteiger partial charge in [0.25, 0.3) is 0 Å². The molecule has 1 aromatic rings. The summed E-state index contributed by atoms with van der Waals surface area (Å²) in [5, 5.41) is 12.6. The smallest absolute Gasteiger partial charge is 0.328 e. The summed E-state index contributed by atoms with van der Waals surface area (Å²) in [6.45, 7) is 5.30. The summed E-state index contributed by atoms with van der Waals surface area (Å²) in [6, 6.07) is 1.90. The Kier molecular flexibility index (Phi) is 3.45. The van der Waals surface area contributed by atoms with E-state index in [2.05, 4.69) is 5.16 Å². The predicted octanol–water partition coefficient (Wildman–Crippen LogP) is 1.46. The first-order valence-electron chi connectivity index (χ1n) is 4.60. The number of nitriles is 1. The second-order valence-corrected chi connectivity index (χ2v) is 3.05. The molecule has 0 aliphatic heterocycles. The first-order chi connectivity index (χ1) is 7.11. The highest BCUT2D eigenvalue weighted by Gasteiger charge is 2.28. The summed E-state index contributed by atoms with van der Waals surface area (Å²) < 4.78 is 9.70. The van der Waals surface area contributed by atoms with Crippen molar-refractivity contribution in [2.45, 2.75) is 26.7 Å². The minimum Gasteiger partial charge on any atom is -0.465 e. The van der Waals surface area contributed by atoms with E-state index in [9.17, 15) is 4.79 Å². The molecule has 1 unspecified atom stereocenters. The van der Waals surface area contributed by atoms with Crippen LogP contribution in [0.5, 0.6) is 0 Å². The van der Waals surface area contributed by atoms with Crippen LogP contribution >= 0.6 is 0 Å². The van der Waals surface area contributed by atoms with Gasteiger partial charge in [0.1, 0.15) is 5.76 Å². The van der Waals surface area contributed by atoms with Gasteiger partial charge in [0, 0.05) is 5.56 Å². The molecule has 5 nitrogen and oxygen atoms in total.